The zero-order chi connectivity index (χ0) is 24.2. The third-order valence-electron chi connectivity index (χ3n) is 5.62. The number of aliphatic hydroxyl groups is 2. The molecule has 0 bridgehead atoms. The van der Waals surface area contributed by atoms with Gasteiger partial charge in [0.05, 0.1) is 39.6 Å². The summed E-state index contributed by atoms with van der Waals surface area (Å²) in [7, 11) is 2.85. The number of carboxylic acids is 1. The largest absolute Gasteiger partial charge is 0.504 e. The van der Waals surface area contributed by atoms with Crippen molar-refractivity contribution in [3.05, 3.63) is 47.5 Å². The molecule has 10 heteroatoms. The Hall–Kier alpha value is -3.05. The minimum atomic E-state index is -2.18. The maximum atomic E-state index is 11.6. The fraction of sp³-hybridized carbons (Fsp3) is 0.435. The molecule has 5 N–H and O–H groups in total. The molecule has 0 saturated heterocycles. The number of aliphatic carboxylic acids is 1. The number of methoxy groups -OCH3 is 2. The minimum Gasteiger partial charge on any atom is -0.504 e. The van der Waals surface area contributed by atoms with Crippen LogP contribution in [0.1, 0.15) is 24.0 Å². The predicted octanol–water partition coefficient (Wildman–Crippen LogP) is 1.56. The molecule has 1 saturated carbocycles. The first kappa shape index (κ1) is 24.6. The van der Waals surface area contributed by atoms with Gasteiger partial charge in [-0.1, -0.05) is 12.1 Å². The van der Waals surface area contributed by atoms with Crippen molar-refractivity contribution < 1.29 is 49.3 Å². The molecule has 1 fully saturated rings. The Kier molecular flexibility index (Phi) is 7.65. The van der Waals surface area contributed by atoms with Gasteiger partial charge in [-0.3, -0.25) is 0 Å². The van der Waals surface area contributed by atoms with Gasteiger partial charge in [-0.15, -0.1) is 0 Å². The summed E-state index contributed by atoms with van der Waals surface area (Å²) in [6.07, 6.45) is -3.96. The van der Waals surface area contributed by atoms with Crippen molar-refractivity contribution in [2.75, 3.05) is 14.2 Å². The second kappa shape index (κ2) is 10.3. The Balaban J connectivity index is 1.75. The van der Waals surface area contributed by atoms with E-state index in [9.17, 15) is 30.3 Å². The number of carboxylic acid groups (broad SMARTS) is 1. The van der Waals surface area contributed by atoms with E-state index in [-0.39, 0.29) is 36.9 Å². The van der Waals surface area contributed by atoms with E-state index in [1.165, 1.54) is 26.4 Å². The summed E-state index contributed by atoms with van der Waals surface area (Å²) >= 11 is 0. The zero-order valence-corrected chi connectivity index (χ0v) is 18.3. The lowest BCUT2D eigenvalue weighted by molar-refractivity contribution is -0.207. The van der Waals surface area contributed by atoms with Crippen molar-refractivity contribution >= 4 is 5.97 Å². The van der Waals surface area contributed by atoms with Gasteiger partial charge in [-0.25, -0.2) is 4.79 Å². The average Bonchev–Trinajstić information content (AvgIpc) is 2.77. The van der Waals surface area contributed by atoms with Gasteiger partial charge in [0.25, 0.3) is 0 Å². The fourth-order valence-corrected chi connectivity index (χ4v) is 3.84. The molecule has 4 atom stereocenters. The molecule has 0 spiro atoms. The SMILES string of the molecule is COc1ccc(CO[C@@H]2[C@H](O)C[C@@](O)(C(=O)O)C[C@H]2OCc2ccc(OC)c(O)c2)cc1O. The summed E-state index contributed by atoms with van der Waals surface area (Å²) in [5.74, 6) is -1.04. The van der Waals surface area contributed by atoms with Gasteiger partial charge in [0.1, 0.15) is 6.10 Å². The molecule has 33 heavy (non-hydrogen) atoms. The van der Waals surface area contributed by atoms with Crippen LogP contribution in [0.4, 0.5) is 0 Å². The molecule has 3 rings (SSSR count). The number of carbonyl (C=O) groups is 1. The second-order valence-electron chi connectivity index (χ2n) is 7.95. The third kappa shape index (κ3) is 5.66. The first-order valence-electron chi connectivity index (χ1n) is 10.3. The second-order valence-corrected chi connectivity index (χ2v) is 7.95. The number of benzene rings is 2. The number of phenolic OH excluding ortho intramolecular Hbond substituents is 2. The van der Waals surface area contributed by atoms with E-state index in [4.69, 9.17) is 18.9 Å². The first-order valence-corrected chi connectivity index (χ1v) is 10.3. The number of aliphatic hydroxyl groups excluding tert-OH is 1. The van der Waals surface area contributed by atoms with Crippen LogP contribution in [-0.4, -0.2) is 69.6 Å². The van der Waals surface area contributed by atoms with Crippen LogP contribution < -0.4 is 9.47 Å². The van der Waals surface area contributed by atoms with E-state index >= 15 is 0 Å². The van der Waals surface area contributed by atoms with Crippen LogP contribution in [0.2, 0.25) is 0 Å². The van der Waals surface area contributed by atoms with E-state index in [0.29, 0.717) is 16.9 Å². The molecule has 0 amide bonds. The van der Waals surface area contributed by atoms with Gasteiger partial charge < -0.3 is 44.5 Å². The lowest BCUT2D eigenvalue weighted by Crippen LogP contribution is -2.57. The maximum Gasteiger partial charge on any atom is 0.335 e. The molecule has 2 aromatic carbocycles. The molecule has 0 aliphatic heterocycles. The van der Waals surface area contributed by atoms with Crippen LogP contribution >= 0.6 is 0 Å². The molecular weight excluding hydrogens is 436 g/mol. The summed E-state index contributed by atoms with van der Waals surface area (Å²) in [5.41, 5.74) is -1.01. The number of rotatable bonds is 9. The molecular formula is C23H28O10. The van der Waals surface area contributed by atoms with Crippen molar-refractivity contribution in [3.63, 3.8) is 0 Å². The van der Waals surface area contributed by atoms with Gasteiger partial charge in [0.2, 0.25) is 0 Å². The van der Waals surface area contributed by atoms with E-state index in [1.54, 1.807) is 24.3 Å². The van der Waals surface area contributed by atoms with E-state index in [1.807, 2.05) is 0 Å². The molecule has 0 unspecified atom stereocenters. The number of hydrogen-bond acceptors (Lipinski definition) is 9. The monoisotopic (exact) mass is 464 g/mol. The predicted molar refractivity (Wildman–Crippen MR) is 114 cm³/mol. The summed E-state index contributed by atoms with van der Waals surface area (Å²) < 4.78 is 21.7. The Morgan fingerprint density at radius 3 is 1.91 bits per heavy atom. The van der Waals surface area contributed by atoms with Crippen molar-refractivity contribution in [2.45, 2.75) is 50.0 Å². The molecule has 0 aromatic heterocycles. The maximum absolute atomic E-state index is 11.6. The van der Waals surface area contributed by atoms with Gasteiger partial charge in [-0.2, -0.15) is 0 Å². The van der Waals surface area contributed by atoms with Crippen LogP contribution in [0, 0.1) is 0 Å². The van der Waals surface area contributed by atoms with Crippen LogP contribution in [0.15, 0.2) is 36.4 Å². The smallest absolute Gasteiger partial charge is 0.335 e. The first-order chi connectivity index (χ1) is 15.7. The summed E-state index contributed by atoms with van der Waals surface area (Å²) in [6, 6.07) is 9.36. The minimum absolute atomic E-state index is 0.00599. The van der Waals surface area contributed by atoms with Gasteiger partial charge in [0.15, 0.2) is 28.6 Å². The Labute approximate surface area is 190 Å². The lowest BCUT2D eigenvalue weighted by atomic mass is 9.79. The Morgan fingerprint density at radius 1 is 0.939 bits per heavy atom. The van der Waals surface area contributed by atoms with Crippen molar-refractivity contribution in [1.82, 2.24) is 0 Å². The molecule has 2 aromatic rings. The van der Waals surface area contributed by atoms with E-state index in [2.05, 4.69) is 0 Å². The summed E-state index contributed by atoms with van der Waals surface area (Å²) in [5, 5.41) is 50.4. The fourth-order valence-electron chi connectivity index (χ4n) is 3.84. The topological polar surface area (TPSA) is 155 Å². The highest BCUT2D eigenvalue weighted by atomic mass is 16.6. The van der Waals surface area contributed by atoms with Crippen molar-refractivity contribution in [1.29, 1.82) is 0 Å². The molecule has 0 radical (unpaired) electrons. The molecule has 1 aliphatic carbocycles. The molecule has 1 aliphatic rings. The normalized spacial score (nSPS) is 24.9. The van der Waals surface area contributed by atoms with Crippen LogP contribution in [0.5, 0.6) is 23.0 Å². The quantitative estimate of drug-likeness (QED) is 0.369. The highest BCUT2D eigenvalue weighted by molar-refractivity contribution is 5.77. The highest BCUT2D eigenvalue weighted by Gasteiger charge is 2.50. The average molecular weight is 464 g/mol. The van der Waals surface area contributed by atoms with Crippen molar-refractivity contribution in [3.8, 4) is 23.0 Å². The number of hydrogen-bond donors (Lipinski definition) is 5. The number of phenols is 2. The molecule has 0 heterocycles. The summed E-state index contributed by atoms with van der Waals surface area (Å²) in [4.78, 5) is 11.6. The van der Waals surface area contributed by atoms with E-state index in [0.717, 1.165) is 0 Å². The van der Waals surface area contributed by atoms with Crippen LogP contribution in [0.3, 0.4) is 0 Å². The van der Waals surface area contributed by atoms with Gasteiger partial charge in [0, 0.05) is 12.8 Å². The summed E-state index contributed by atoms with van der Waals surface area (Å²) in [6.45, 7) is -0.0399. The van der Waals surface area contributed by atoms with Crippen LogP contribution in [0.25, 0.3) is 0 Å². The Bertz CT molecular complexity index is 978. The standard InChI is InChI=1S/C23H28O10/c1-30-18-5-3-13(7-15(18)24)11-32-20-10-23(29,22(27)28)9-17(26)21(20)33-12-14-4-6-19(31-2)16(25)8-14/h3-8,17,20-21,24-26,29H,9-12H2,1-2H3,(H,27,28)/t17-,20-,21-,23+/m1/s1. The molecule has 180 valence electrons. The van der Waals surface area contributed by atoms with Crippen LogP contribution in [-0.2, 0) is 27.5 Å². The molecule has 10 nitrogen and oxygen atoms in total. The van der Waals surface area contributed by atoms with E-state index < -0.39 is 36.3 Å². The number of aromatic hydroxyl groups is 2. The Morgan fingerprint density at radius 2 is 1.45 bits per heavy atom. The highest BCUT2D eigenvalue weighted by Crippen LogP contribution is 2.35. The van der Waals surface area contributed by atoms with Gasteiger partial charge in [-0.05, 0) is 35.4 Å². The van der Waals surface area contributed by atoms with Gasteiger partial charge >= 0.3 is 5.97 Å². The number of ether oxygens (including phenoxy) is 4. The lowest BCUT2D eigenvalue weighted by Gasteiger charge is -2.41. The van der Waals surface area contributed by atoms with Crippen molar-refractivity contribution in [2.24, 2.45) is 0 Å². The third-order valence-corrected chi connectivity index (χ3v) is 5.62. The zero-order valence-electron chi connectivity index (χ0n) is 18.3.